The van der Waals surface area contributed by atoms with Crippen LogP contribution in [-0.2, 0) is 26.0 Å². The maximum atomic E-state index is 12.0. The average molecular weight is 335 g/mol. The fourth-order valence-electron chi connectivity index (χ4n) is 2.55. The monoisotopic (exact) mass is 335 g/mol. The summed E-state index contributed by atoms with van der Waals surface area (Å²) < 4.78 is 31.2. The number of ether oxygens (including phenoxy) is 1. The van der Waals surface area contributed by atoms with E-state index < -0.39 is 22.0 Å². The van der Waals surface area contributed by atoms with Crippen molar-refractivity contribution >= 4 is 26.8 Å². The fraction of sp³-hybridized carbons (Fsp3) is 0.353. The first-order valence-electron chi connectivity index (χ1n) is 7.51. The molecule has 124 valence electrons. The van der Waals surface area contributed by atoms with Crippen molar-refractivity contribution in [1.82, 2.24) is 4.72 Å². The van der Waals surface area contributed by atoms with Crippen LogP contribution < -0.4 is 4.72 Å². The molecule has 6 heteroatoms. The Balaban J connectivity index is 2.32. The van der Waals surface area contributed by atoms with Crippen molar-refractivity contribution in [2.24, 2.45) is 0 Å². The number of methoxy groups -OCH3 is 1. The van der Waals surface area contributed by atoms with E-state index in [0.717, 1.165) is 16.3 Å². The van der Waals surface area contributed by atoms with Crippen LogP contribution in [0, 0.1) is 0 Å². The lowest BCUT2D eigenvalue weighted by molar-refractivity contribution is -0.142. The zero-order valence-electron chi connectivity index (χ0n) is 13.3. The van der Waals surface area contributed by atoms with E-state index in [1.165, 1.54) is 7.11 Å². The van der Waals surface area contributed by atoms with Gasteiger partial charge in [0.2, 0.25) is 10.0 Å². The average Bonchev–Trinajstić information content (AvgIpc) is 2.53. The predicted molar refractivity (Wildman–Crippen MR) is 90.7 cm³/mol. The third kappa shape index (κ3) is 4.53. The molecule has 2 rings (SSSR count). The van der Waals surface area contributed by atoms with Crippen molar-refractivity contribution in [1.29, 1.82) is 0 Å². The lowest BCUT2D eigenvalue weighted by Gasteiger charge is -2.17. The molecule has 0 aliphatic heterocycles. The summed E-state index contributed by atoms with van der Waals surface area (Å²) >= 11 is 0. The SMILES string of the molecule is CCCS(=O)(=O)NC(Cc1cccc2ccccc12)C(=O)OC. The number of hydrogen-bond acceptors (Lipinski definition) is 4. The van der Waals surface area contributed by atoms with Crippen molar-refractivity contribution in [3.8, 4) is 0 Å². The Morgan fingerprint density at radius 2 is 1.87 bits per heavy atom. The molecule has 1 N–H and O–H groups in total. The number of benzene rings is 2. The van der Waals surface area contributed by atoms with Crippen LogP contribution >= 0.6 is 0 Å². The van der Waals surface area contributed by atoms with Crippen LogP contribution in [0.1, 0.15) is 18.9 Å². The van der Waals surface area contributed by atoms with Gasteiger partial charge in [0.25, 0.3) is 0 Å². The molecule has 0 aliphatic carbocycles. The van der Waals surface area contributed by atoms with Gasteiger partial charge in [-0.3, -0.25) is 4.79 Å². The van der Waals surface area contributed by atoms with Crippen LogP contribution in [0.5, 0.6) is 0 Å². The van der Waals surface area contributed by atoms with E-state index in [-0.39, 0.29) is 12.2 Å². The Morgan fingerprint density at radius 1 is 1.17 bits per heavy atom. The number of rotatable bonds is 7. The second kappa shape index (κ2) is 7.57. The van der Waals surface area contributed by atoms with Gasteiger partial charge >= 0.3 is 5.97 Å². The van der Waals surface area contributed by atoms with Crippen LogP contribution in [0.4, 0.5) is 0 Å². The molecular weight excluding hydrogens is 314 g/mol. The van der Waals surface area contributed by atoms with Gasteiger partial charge < -0.3 is 4.74 Å². The molecule has 5 nitrogen and oxygen atoms in total. The van der Waals surface area contributed by atoms with E-state index in [0.29, 0.717) is 6.42 Å². The van der Waals surface area contributed by atoms with Gasteiger partial charge in [-0.05, 0) is 22.8 Å². The van der Waals surface area contributed by atoms with Crippen molar-refractivity contribution in [3.63, 3.8) is 0 Å². The molecule has 0 saturated carbocycles. The molecule has 2 aromatic carbocycles. The zero-order chi connectivity index (χ0) is 16.9. The van der Waals surface area contributed by atoms with Gasteiger partial charge in [0.1, 0.15) is 6.04 Å². The molecule has 0 fully saturated rings. The van der Waals surface area contributed by atoms with Crippen molar-refractivity contribution < 1.29 is 17.9 Å². The van der Waals surface area contributed by atoms with Gasteiger partial charge in [0.15, 0.2) is 0 Å². The van der Waals surface area contributed by atoms with Crippen LogP contribution in [0.15, 0.2) is 42.5 Å². The second-order valence-corrected chi connectivity index (χ2v) is 7.23. The van der Waals surface area contributed by atoms with Crippen LogP contribution in [0.2, 0.25) is 0 Å². The van der Waals surface area contributed by atoms with Gasteiger partial charge in [-0.15, -0.1) is 0 Å². The number of sulfonamides is 1. The van der Waals surface area contributed by atoms with E-state index >= 15 is 0 Å². The van der Waals surface area contributed by atoms with Gasteiger partial charge in [-0.1, -0.05) is 49.4 Å². The predicted octanol–water partition coefficient (Wildman–Crippen LogP) is 2.25. The Hall–Kier alpha value is -1.92. The first-order valence-corrected chi connectivity index (χ1v) is 9.16. The number of fused-ring (bicyclic) bond motifs is 1. The van der Waals surface area contributed by atoms with Crippen LogP contribution in [0.25, 0.3) is 10.8 Å². The summed E-state index contributed by atoms with van der Waals surface area (Å²) in [5, 5.41) is 2.05. The zero-order valence-corrected chi connectivity index (χ0v) is 14.1. The minimum atomic E-state index is -3.51. The number of carbonyl (C=O) groups is 1. The van der Waals surface area contributed by atoms with Crippen LogP contribution in [-0.4, -0.2) is 33.3 Å². The molecule has 0 bridgehead atoms. The number of carbonyl (C=O) groups excluding carboxylic acids is 1. The largest absolute Gasteiger partial charge is 0.468 e. The normalized spacial score (nSPS) is 13.0. The molecule has 0 spiro atoms. The minimum Gasteiger partial charge on any atom is -0.468 e. The highest BCUT2D eigenvalue weighted by Gasteiger charge is 2.25. The maximum absolute atomic E-state index is 12.0. The molecule has 0 saturated heterocycles. The molecular formula is C17H21NO4S. The molecule has 23 heavy (non-hydrogen) atoms. The number of nitrogens with one attached hydrogen (secondary N) is 1. The first-order chi connectivity index (χ1) is 11.0. The summed E-state index contributed by atoms with van der Waals surface area (Å²) in [6.45, 7) is 1.77. The Morgan fingerprint density at radius 3 is 2.57 bits per heavy atom. The molecule has 0 aromatic heterocycles. The fourth-order valence-corrected chi connectivity index (χ4v) is 3.82. The van der Waals surface area contributed by atoms with Gasteiger partial charge in [-0.2, -0.15) is 0 Å². The minimum absolute atomic E-state index is 0.0178. The lowest BCUT2D eigenvalue weighted by atomic mass is 9.99. The molecule has 0 amide bonds. The summed E-state index contributed by atoms with van der Waals surface area (Å²) in [5.41, 5.74) is 0.901. The topological polar surface area (TPSA) is 72.5 Å². The second-order valence-electron chi connectivity index (χ2n) is 5.35. The highest BCUT2D eigenvalue weighted by molar-refractivity contribution is 7.89. The summed E-state index contributed by atoms with van der Waals surface area (Å²) in [6.07, 6.45) is 0.731. The highest BCUT2D eigenvalue weighted by atomic mass is 32.2. The highest BCUT2D eigenvalue weighted by Crippen LogP contribution is 2.20. The summed E-state index contributed by atoms with van der Waals surface area (Å²) in [7, 11) is -2.25. The summed E-state index contributed by atoms with van der Waals surface area (Å²) in [6, 6.07) is 12.6. The van der Waals surface area contributed by atoms with E-state index in [1.54, 1.807) is 6.92 Å². The van der Waals surface area contributed by atoms with E-state index in [9.17, 15) is 13.2 Å². The summed E-state index contributed by atoms with van der Waals surface area (Å²) in [5.74, 6) is -0.603. The van der Waals surface area contributed by atoms with Gasteiger partial charge in [-0.25, -0.2) is 13.1 Å². The third-order valence-electron chi connectivity index (χ3n) is 3.58. The molecule has 0 aliphatic rings. The molecule has 1 unspecified atom stereocenters. The smallest absolute Gasteiger partial charge is 0.324 e. The van der Waals surface area contributed by atoms with Crippen molar-refractivity contribution in [2.45, 2.75) is 25.8 Å². The number of esters is 1. The Labute approximate surface area is 136 Å². The Kier molecular flexibility index (Phi) is 5.74. The van der Waals surface area contributed by atoms with E-state index in [2.05, 4.69) is 4.72 Å². The molecule has 2 aromatic rings. The third-order valence-corrected chi connectivity index (χ3v) is 5.17. The standard InChI is InChI=1S/C17H21NO4S/c1-3-11-23(20,21)18-16(17(19)22-2)12-14-9-6-8-13-7-4-5-10-15(13)14/h4-10,16,18H,3,11-12H2,1-2H3. The van der Waals surface area contributed by atoms with E-state index in [4.69, 9.17) is 4.74 Å². The molecule has 0 heterocycles. The maximum Gasteiger partial charge on any atom is 0.324 e. The summed E-state index contributed by atoms with van der Waals surface area (Å²) in [4.78, 5) is 12.0. The Bertz CT molecular complexity index is 781. The van der Waals surface area contributed by atoms with Gasteiger partial charge in [0, 0.05) is 6.42 Å². The molecule has 0 radical (unpaired) electrons. The van der Waals surface area contributed by atoms with Crippen LogP contribution in [0.3, 0.4) is 0 Å². The first kappa shape index (κ1) is 17.4. The lowest BCUT2D eigenvalue weighted by Crippen LogP contribution is -2.43. The quantitative estimate of drug-likeness (QED) is 0.788. The molecule has 1 atom stereocenters. The van der Waals surface area contributed by atoms with Crippen molar-refractivity contribution in [2.75, 3.05) is 12.9 Å². The van der Waals surface area contributed by atoms with Gasteiger partial charge in [0.05, 0.1) is 12.9 Å². The van der Waals surface area contributed by atoms with E-state index in [1.807, 2.05) is 42.5 Å². The number of hydrogen-bond donors (Lipinski definition) is 1. The van der Waals surface area contributed by atoms with Crippen molar-refractivity contribution in [3.05, 3.63) is 48.0 Å².